The highest BCUT2D eigenvalue weighted by Crippen LogP contribution is 2.25. The van der Waals surface area contributed by atoms with Gasteiger partial charge in [0.05, 0.1) is 17.3 Å². The molecule has 0 saturated carbocycles. The van der Waals surface area contributed by atoms with Gasteiger partial charge in [0.1, 0.15) is 0 Å². The summed E-state index contributed by atoms with van der Waals surface area (Å²) in [7, 11) is 0. The minimum absolute atomic E-state index is 0.0995. The average molecular weight is 359 g/mol. The highest BCUT2D eigenvalue weighted by molar-refractivity contribution is 6.35. The average Bonchev–Trinajstić information content (AvgIpc) is 2.51. The van der Waals surface area contributed by atoms with Crippen molar-refractivity contribution >= 4 is 40.7 Å². The first-order valence-corrected chi connectivity index (χ1v) is 7.10. The maximum atomic E-state index is 13.0. The van der Waals surface area contributed by atoms with Crippen LogP contribution in [0.25, 0.3) is 0 Å². The Labute approximate surface area is 140 Å². The number of benzene rings is 2. The van der Waals surface area contributed by atoms with Crippen LogP contribution >= 0.6 is 23.2 Å². The molecule has 2 aromatic rings. The lowest BCUT2D eigenvalue weighted by Gasteiger charge is -2.09. The van der Waals surface area contributed by atoms with Crippen molar-refractivity contribution in [2.45, 2.75) is 0 Å². The lowest BCUT2D eigenvalue weighted by molar-refractivity contribution is -0.115. The van der Waals surface area contributed by atoms with Crippen molar-refractivity contribution in [3.63, 3.8) is 0 Å². The summed E-state index contributed by atoms with van der Waals surface area (Å²) >= 11 is 11.7. The van der Waals surface area contributed by atoms with E-state index in [0.29, 0.717) is 10.7 Å². The van der Waals surface area contributed by atoms with Crippen LogP contribution in [0.2, 0.25) is 10.0 Å². The zero-order valence-corrected chi connectivity index (χ0v) is 13.0. The summed E-state index contributed by atoms with van der Waals surface area (Å²) < 4.78 is 25.8. The Kier molecular flexibility index (Phi) is 5.52. The lowest BCUT2D eigenvalue weighted by atomic mass is 10.2. The van der Waals surface area contributed by atoms with E-state index in [0.717, 1.165) is 18.2 Å². The Bertz CT molecular complexity index is 769. The van der Waals surface area contributed by atoms with Crippen LogP contribution in [0.1, 0.15) is 10.4 Å². The van der Waals surface area contributed by atoms with Crippen LogP contribution in [0.15, 0.2) is 36.4 Å². The molecule has 8 heteroatoms. The predicted molar refractivity (Wildman–Crippen MR) is 83.8 cm³/mol. The Balaban J connectivity index is 1.94. The van der Waals surface area contributed by atoms with Gasteiger partial charge in [0, 0.05) is 10.6 Å². The molecule has 4 nitrogen and oxygen atoms in total. The molecule has 23 heavy (non-hydrogen) atoms. The molecule has 2 amide bonds. The molecule has 0 aliphatic carbocycles. The largest absolute Gasteiger partial charge is 0.343 e. The topological polar surface area (TPSA) is 58.2 Å². The molecule has 0 aromatic heterocycles. The molecular formula is C15H10Cl2F2N2O2. The van der Waals surface area contributed by atoms with Gasteiger partial charge in [0.15, 0.2) is 11.6 Å². The third kappa shape index (κ3) is 4.64. The molecule has 0 heterocycles. The number of amides is 2. The molecule has 0 radical (unpaired) electrons. The molecule has 0 spiro atoms. The summed E-state index contributed by atoms with van der Waals surface area (Å²) in [5.74, 6) is -3.47. The van der Waals surface area contributed by atoms with Crippen molar-refractivity contribution < 1.29 is 18.4 Å². The molecule has 2 aromatic carbocycles. The molecule has 0 atom stereocenters. The quantitative estimate of drug-likeness (QED) is 0.876. The number of carbonyl (C=O) groups excluding carboxylic acids is 2. The molecule has 0 saturated heterocycles. The summed E-state index contributed by atoms with van der Waals surface area (Å²) in [4.78, 5) is 23.5. The lowest BCUT2D eigenvalue weighted by Crippen LogP contribution is -2.33. The normalized spacial score (nSPS) is 10.3. The summed E-state index contributed by atoms with van der Waals surface area (Å²) in [6, 6.07) is 7.22. The van der Waals surface area contributed by atoms with Gasteiger partial charge in [-0.25, -0.2) is 8.78 Å². The zero-order valence-electron chi connectivity index (χ0n) is 11.5. The van der Waals surface area contributed by atoms with E-state index in [2.05, 4.69) is 10.6 Å². The number of carbonyl (C=O) groups is 2. The molecule has 2 N–H and O–H groups in total. The monoisotopic (exact) mass is 358 g/mol. The summed E-state index contributed by atoms with van der Waals surface area (Å²) in [6.07, 6.45) is 0. The second kappa shape index (κ2) is 7.39. The Morgan fingerprint density at radius 2 is 1.74 bits per heavy atom. The van der Waals surface area contributed by atoms with Crippen LogP contribution in [0, 0.1) is 11.6 Å². The van der Waals surface area contributed by atoms with E-state index in [1.54, 1.807) is 6.07 Å². The van der Waals surface area contributed by atoms with Crippen molar-refractivity contribution in [1.82, 2.24) is 5.32 Å². The van der Waals surface area contributed by atoms with Crippen molar-refractivity contribution in [2.75, 3.05) is 11.9 Å². The number of hydrogen-bond acceptors (Lipinski definition) is 2. The number of nitrogens with one attached hydrogen (secondary N) is 2. The van der Waals surface area contributed by atoms with Gasteiger partial charge in [0.2, 0.25) is 5.91 Å². The molecule has 0 unspecified atom stereocenters. The van der Waals surface area contributed by atoms with Crippen molar-refractivity contribution in [3.8, 4) is 0 Å². The molecular weight excluding hydrogens is 349 g/mol. The van der Waals surface area contributed by atoms with Crippen molar-refractivity contribution in [1.29, 1.82) is 0 Å². The Hall–Kier alpha value is -2.18. The first-order valence-electron chi connectivity index (χ1n) is 6.35. The molecule has 120 valence electrons. The van der Waals surface area contributed by atoms with Crippen LogP contribution in [-0.4, -0.2) is 18.4 Å². The minimum Gasteiger partial charge on any atom is -0.343 e. The van der Waals surface area contributed by atoms with Crippen LogP contribution in [-0.2, 0) is 4.79 Å². The minimum atomic E-state index is -1.15. The number of anilines is 1. The fourth-order valence-corrected chi connectivity index (χ4v) is 2.02. The molecule has 0 aliphatic rings. The van der Waals surface area contributed by atoms with E-state index < -0.39 is 23.4 Å². The van der Waals surface area contributed by atoms with Gasteiger partial charge in [-0.2, -0.15) is 0 Å². The van der Waals surface area contributed by atoms with Gasteiger partial charge < -0.3 is 10.6 Å². The third-order valence-electron chi connectivity index (χ3n) is 2.79. The van der Waals surface area contributed by atoms with E-state index in [1.807, 2.05) is 0 Å². The first kappa shape index (κ1) is 17.2. The fraction of sp³-hybridized carbons (Fsp3) is 0.0667. The van der Waals surface area contributed by atoms with Crippen molar-refractivity contribution in [3.05, 3.63) is 63.6 Å². The van der Waals surface area contributed by atoms with Crippen LogP contribution < -0.4 is 10.6 Å². The van der Waals surface area contributed by atoms with Gasteiger partial charge in [0.25, 0.3) is 5.91 Å². The molecule has 0 aliphatic heterocycles. The molecule has 2 rings (SSSR count). The molecule has 0 bridgehead atoms. The van der Waals surface area contributed by atoms with Gasteiger partial charge in [-0.3, -0.25) is 9.59 Å². The van der Waals surface area contributed by atoms with Crippen molar-refractivity contribution in [2.24, 2.45) is 0 Å². The van der Waals surface area contributed by atoms with Gasteiger partial charge >= 0.3 is 0 Å². The van der Waals surface area contributed by atoms with Gasteiger partial charge in [-0.1, -0.05) is 23.2 Å². The van der Waals surface area contributed by atoms with E-state index in [4.69, 9.17) is 23.2 Å². The van der Waals surface area contributed by atoms with E-state index in [1.165, 1.54) is 12.1 Å². The van der Waals surface area contributed by atoms with Gasteiger partial charge in [-0.15, -0.1) is 0 Å². The Morgan fingerprint density at radius 1 is 1.00 bits per heavy atom. The second-order valence-corrected chi connectivity index (χ2v) is 5.33. The summed E-state index contributed by atoms with van der Waals surface area (Å²) in [6.45, 7) is -0.374. The highest BCUT2D eigenvalue weighted by atomic mass is 35.5. The summed E-state index contributed by atoms with van der Waals surface area (Å²) in [5.41, 5.74) is 0.198. The van der Waals surface area contributed by atoms with E-state index in [9.17, 15) is 18.4 Å². The predicted octanol–water partition coefficient (Wildman–Crippen LogP) is 3.64. The zero-order chi connectivity index (χ0) is 17.0. The number of rotatable bonds is 4. The van der Waals surface area contributed by atoms with E-state index in [-0.39, 0.29) is 17.1 Å². The third-order valence-corrected chi connectivity index (χ3v) is 3.36. The first-order chi connectivity index (χ1) is 10.9. The van der Waals surface area contributed by atoms with E-state index >= 15 is 0 Å². The maximum absolute atomic E-state index is 13.0. The maximum Gasteiger partial charge on any atom is 0.251 e. The SMILES string of the molecule is O=C(CNC(=O)c1ccc(F)c(F)c1)Nc1cc(Cl)ccc1Cl. The number of hydrogen-bond donors (Lipinski definition) is 2. The smallest absolute Gasteiger partial charge is 0.251 e. The van der Waals surface area contributed by atoms with Gasteiger partial charge in [-0.05, 0) is 36.4 Å². The van der Waals surface area contributed by atoms with Crippen LogP contribution in [0.3, 0.4) is 0 Å². The summed E-state index contributed by atoms with van der Waals surface area (Å²) in [5, 5.41) is 5.43. The fourth-order valence-electron chi connectivity index (χ4n) is 1.69. The second-order valence-electron chi connectivity index (χ2n) is 4.48. The number of halogens is 4. The van der Waals surface area contributed by atoms with Crippen LogP contribution in [0.4, 0.5) is 14.5 Å². The highest BCUT2D eigenvalue weighted by Gasteiger charge is 2.12. The Morgan fingerprint density at radius 3 is 2.43 bits per heavy atom. The molecule has 0 fully saturated rings. The van der Waals surface area contributed by atoms with Crippen LogP contribution in [0.5, 0.6) is 0 Å². The standard InChI is InChI=1S/C15H10Cl2F2N2O2/c16-9-2-3-10(17)13(6-9)21-14(22)7-20-15(23)8-1-4-11(18)12(19)5-8/h1-6H,7H2,(H,20,23)(H,21,22).